The summed E-state index contributed by atoms with van der Waals surface area (Å²) in [6.07, 6.45) is 7.44. The zero-order valence-corrected chi connectivity index (χ0v) is 9.98. The van der Waals surface area contributed by atoms with Gasteiger partial charge in [0.05, 0.1) is 11.6 Å². The van der Waals surface area contributed by atoms with E-state index < -0.39 is 0 Å². The average Bonchev–Trinajstić information content (AvgIpc) is 2.39. The minimum atomic E-state index is 0.656. The van der Waals surface area contributed by atoms with Crippen LogP contribution in [-0.4, -0.2) is 0 Å². The van der Waals surface area contributed by atoms with Crippen molar-refractivity contribution < 1.29 is 0 Å². The highest BCUT2D eigenvalue weighted by atomic mass is 14.2. The molecule has 0 amide bonds. The molecule has 1 heteroatoms. The van der Waals surface area contributed by atoms with Gasteiger partial charge in [0.25, 0.3) is 0 Å². The molecule has 0 aliphatic heterocycles. The van der Waals surface area contributed by atoms with Gasteiger partial charge in [0.2, 0.25) is 0 Å². The summed E-state index contributed by atoms with van der Waals surface area (Å²) in [6.45, 7) is 9.45. The van der Waals surface area contributed by atoms with Crippen molar-refractivity contribution in [1.82, 2.24) is 0 Å². The van der Waals surface area contributed by atoms with Crippen molar-refractivity contribution in [3.63, 3.8) is 0 Å². The quantitative estimate of drug-likeness (QED) is 0.697. The Morgan fingerprint density at radius 1 is 1.18 bits per heavy atom. The van der Waals surface area contributed by atoms with Crippen molar-refractivity contribution in [1.29, 1.82) is 5.26 Å². The van der Waals surface area contributed by atoms with Crippen molar-refractivity contribution in [3.05, 3.63) is 78.4 Å². The molecule has 0 saturated heterocycles. The lowest BCUT2D eigenvalue weighted by Crippen LogP contribution is -1.86. The van der Waals surface area contributed by atoms with E-state index in [-0.39, 0.29) is 0 Å². The molecule has 0 aliphatic carbocycles. The molecule has 0 atom stereocenters. The fourth-order valence-electron chi connectivity index (χ4n) is 1.39. The number of hydrogen-bond acceptors (Lipinski definition) is 1. The van der Waals surface area contributed by atoms with E-state index in [1.165, 1.54) is 0 Å². The molecule has 1 rings (SSSR count). The van der Waals surface area contributed by atoms with E-state index in [4.69, 9.17) is 5.26 Å². The SMILES string of the molecule is C=C/C(C)=C/C=C(\C=C)c1ccccc1C#N. The summed E-state index contributed by atoms with van der Waals surface area (Å²) in [5.74, 6) is 0. The summed E-state index contributed by atoms with van der Waals surface area (Å²) in [5, 5.41) is 9.04. The second-order valence-electron chi connectivity index (χ2n) is 3.60. The maximum absolute atomic E-state index is 9.04. The molecular weight excluding hydrogens is 206 g/mol. The smallest absolute Gasteiger partial charge is 0.0998 e. The van der Waals surface area contributed by atoms with Crippen molar-refractivity contribution in [3.8, 4) is 6.07 Å². The standard InChI is InChI=1S/C16H15N/c1-4-13(3)10-11-14(5-2)16-9-7-6-8-15(16)12-17/h4-11H,1-2H2,3H3/b13-10+,14-11+. The topological polar surface area (TPSA) is 23.8 Å². The van der Waals surface area contributed by atoms with Gasteiger partial charge < -0.3 is 0 Å². The van der Waals surface area contributed by atoms with Crippen LogP contribution in [0.25, 0.3) is 5.57 Å². The highest BCUT2D eigenvalue weighted by molar-refractivity contribution is 5.78. The van der Waals surface area contributed by atoms with E-state index >= 15 is 0 Å². The summed E-state index contributed by atoms with van der Waals surface area (Å²) < 4.78 is 0. The molecule has 84 valence electrons. The van der Waals surface area contributed by atoms with Gasteiger partial charge in [-0.25, -0.2) is 0 Å². The van der Waals surface area contributed by atoms with Crippen LogP contribution >= 0.6 is 0 Å². The Morgan fingerprint density at radius 3 is 2.47 bits per heavy atom. The van der Waals surface area contributed by atoms with Crippen LogP contribution in [0.15, 0.2) is 67.3 Å². The van der Waals surface area contributed by atoms with Crippen LogP contribution in [0.3, 0.4) is 0 Å². The zero-order valence-electron chi connectivity index (χ0n) is 9.98. The number of benzene rings is 1. The van der Waals surface area contributed by atoms with Crippen molar-refractivity contribution in [2.75, 3.05) is 0 Å². The molecule has 1 aromatic carbocycles. The molecule has 0 aromatic heterocycles. The first-order valence-corrected chi connectivity index (χ1v) is 5.36. The Hall–Kier alpha value is -2.33. The van der Waals surface area contributed by atoms with Gasteiger partial charge in [0.15, 0.2) is 0 Å². The van der Waals surface area contributed by atoms with Crippen LogP contribution in [-0.2, 0) is 0 Å². The number of rotatable bonds is 4. The van der Waals surface area contributed by atoms with Crippen molar-refractivity contribution in [2.24, 2.45) is 0 Å². The third-order valence-electron chi connectivity index (χ3n) is 2.43. The molecule has 0 fully saturated rings. The number of nitriles is 1. The van der Waals surface area contributed by atoms with Crippen LogP contribution in [0.5, 0.6) is 0 Å². The molecule has 0 saturated carbocycles. The predicted octanol–water partition coefficient (Wildman–Crippen LogP) is 4.26. The molecule has 0 bridgehead atoms. The highest BCUT2D eigenvalue weighted by Gasteiger charge is 2.02. The maximum Gasteiger partial charge on any atom is 0.0998 e. The fourth-order valence-corrected chi connectivity index (χ4v) is 1.39. The molecule has 0 N–H and O–H groups in total. The van der Waals surface area contributed by atoms with E-state index in [2.05, 4.69) is 19.2 Å². The minimum absolute atomic E-state index is 0.656. The lowest BCUT2D eigenvalue weighted by Gasteiger charge is -2.03. The summed E-state index contributed by atoms with van der Waals surface area (Å²) in [7, 11) is 0. The first kappa shape index (κ1) is 12.7. The van der Waals surface area contributed by atoms with Crippen LogP contribution in [0.2, 0.25) is 0 Å². The van der Waals surface area contributed by atoms with Gasteiger partial charge in [-0.15, -0.1) is 0 Å². The fraction of sp³-hybridized carbons (Fsp3) is 0.0625. The Labute approximate surface area is 103 Å². The van der Waals surface area contributed by atoms with Gasteiger partial charge in [-0.1, -0.05) is 61.2 Å². The number of nitrogens with zero attached hydrogens (tertiary/aromatic N) is 1. The van der Waals surface area contributed by atoms with Gasteiger partial charge in [-0.05, 0) is 24.1 Å². The first-order valence-electron chi connectivity index (χ1n) is 5.36. The van der Waals surface area contributed by atoms with Crippen LogP contribution < -0.4 is 0 Å². The monoisotopic (exact) mass is 221 g/mol. The normalized spacial score (nSPS) is 11.8. The third kappa shape index (κ3) is 3.32. The first-order chi connectivity index (χ1) is 8.22. The number of allylic oxidation sites excluding steroid dienone is 6. The van der Waals surface area contributed by atoms with E-state index in [9.17, 15) is 0 Å². The lowest BCUT2D eigenvalue weighted by atomic mass is 10.00. The van der Waals surface area contributed by atoms with Crippen molar-refractivity contribution in [2.45, 2.75) is 6.92 Å². The Balaban J connectivity index is 3.24. The molecule has 0 unspecified atom stereocenters. The third-order valence-corrected chi connectivity index (χ3v) is 2.43. The zero-order chi connectivity index (χ0) is 12.7. The Kier molecular flexibility index (Phi) is 4.72. The Morgan fingerprint density at radius 2 is 1.88 bits per heavy atom. The van der Waals surface area contributed by atoms with E-state index in [1.54, 1.807) is 18.2 Å². The van der Waals surface area contributed by atoms with Crippen LogP contribution in [0.1, 0.15) is 18.1 Å². The summed E-state index contributed by atoms with van der Waals surface area (Å²) in [4.78, 5) is 0. The van der Waals surface area contributed by atoms with Gasteiger partial charge in [-0.3, -0.25) is 0 Å². The average molecular weight is 221 g/mol. The molecule has 1 aromatic rings. The van der Waals surface area contributed by atoms with Gasteiger partial charge in [0.1, 0.15) is 0 Å². The lowest BCUT2D eigenvalue weighted by molar-refractivity contribution is 1.46. The molecule has 17 heavy (non-hydrogen) atoms. The van der Waals surface area contributed by atoms with Gasteiger partial charge in [0, 0.05) is 0 Å². The molecule has 0 spiro atoms. The van der Waals surface area contributed by atoms with Crippen LogP contribution in [0, 0.1) is 11.3 Å². The molecule has 0 aliphatic rings. The minimum Gasteiger partial charge on any atom is -0.192 e. The van der Waals surface area contributed by atoms with Gasteiger partial charge >= 0.3 is 0 Å². The van der Waals surface area contributed by atoms with E-state index in [1.807, 2.05) is 37.3 Å². The maximum atomic E-state index is 9.04. The summed E-state index contributed by atoms with van der Waals surface area (Å²) in [6, 6.07) is 9.67. The molecule has 0 radical (unpaired) electrons. The van der Waals surface area contributed by atoms with Crippen molar-refractivity contribution >= 4 is 5.57 Å². The molecule has 0 heterocycles. The van der Waals surface area contributed by atoms with Crippen LogP contribution in [0.4, 0.5) is 0 Å². The Bertz CT molecular complexity index is 525. The largest absolute Gasteiger partial charge is 0.192 e. The molecule has 1 nitrogen and oxygen atoms in total. The summed E-state index contributed by atoms with van der Waals surface area (Å²) in [5.41, 5.74) is 3.56. The summed E-state index contributed by atoms with van der Waals surface area (Å²) >= 11 is 0. The van der Waals surface area contributed by atoms with E-state index in [0.717, 1.165) is 16.7 Å². The predicted molar refractivity (Wildman–Crippen MR) is 73.3 cm³/mol. The second kappa shape index (κ2) is 6.30. The second-order valence-corrected chi connectivity index (χ2v) is 3.60. The number of hydrogen-bond donors (Lipinski definition) is 0. The van der Waals surface area contributed by atoms with Gasteiger partial charge in [-0.2, -0.15) is 5.26 Å². The molecular formula is C16H15N. The highest BCUT2D eigenvalue weighted by Crippen LogP contribution is 2.20. The van der Waals surface area contributed by atoms with E-state index in [0.29, 0.717) is 5.56 Å².